The van der Waals surface area contributed by atoms with Gasteiger partial charge in [-0.2, -0.15) is 0 Å². The lowest BCUT2D eigenvalue weighted by Crippen LogP contribution is -2.39. The molecule has 0 amide bonds. The Balaban J connectivity index is 2.28. The molecule has 2 atom stereocenters. The Labute approximate surface area is 61.2 Å². The summed E-state index contributed by atoms with van der Waals surface area (Å²) in [6.45, 7) is 1.17. The minimum Gasteiger partial charge on any atom is -0.389 e. The quantitative estimate of drug-likeness (QED) is 0.499. The normalized spacial score (nSPS) is 36.6. The molecule has 1 fully saturated rings. The van der Waals surface area contributed by atoms with Gasteiger partial charge in [0.25, 0.3) is 0 Å². The fourth-order valence-corrected chi connectivity index (χ4v) is 1.10. The van der Waals surface area contributed by atoms with Gasteiger partial charge in [0.2, 0.25) is 0 Å². The molecule has 60 valence electrons. The Morgan fingerprint density at radius 1 is 1.40 bits per heavy atom. The molecule has 3 N–H and O–H groups in total. The largest absolute Gasteiger partial charge is 0.389 e. The molecule has 2 unspecified atom stereocenters. The fourth-order valence-electron chi connectivity index (χ4n) is 1.10. The first-order valence-corrected chi connectivity index (χ1v) is 3.82. The van der Waals surface area contributed by atoms with E-state index in [0.29, 0.717) is 6.61 Å². The Morgan fingerprint density at radius 2 is 2.20 bits per heavy atom. The highest BCUT2D eigenvalue weighted by atomic mass is 16.5. The van der Waals surface area contributed by atoms with Crippen molar-refractivity contribution in [2.45, 2.75) is 31.4 Å². The molecule has 0 aromatic rings. The zero-order chi connectivity index (χ0) is 7.40. The lowest BCUT2D eigenvalue weighted by molar-refractivity contribution is 0.00988. The molecule has 0 spiro atoms. The molecular formula is C7H15NO2. The molecule has 1 saturated heterocycles. The first kappa shape index (κ1) is 7.98. The van der Waals surface area contributed by atoms with Crippen LogP contribution in [0.5, 0.6) is 0 Å². The van der Waals surface area contributed by atoms with E-state index in [1.165, 1.54) is 0 Å². The van der Waals surface area contributed by atoms with Crippen LogP contribution in [0.15, 0.2) is 0 Å². The van der Waals surface area contributed by atoms with Crippen LogP contribution in [0.2, 0.25) is 0 Å². The van der Waals surface area contributed by atoms with Crippen LogP contribution in [0.3, 0.4) is 0 Å². The average molecular weight is 145 g/mol. The highest BCUT2D eigenvalue weighted by Gasteiger charge is 2.16. The molecule has 0 bridgehead atoms. The van der Waals surface area contributed by atoms with Crippen molar-refractivity contribution in [2.24, 2.45) is 5.73 Å². The second kappa shape index (κ2) is 3.91. The molecule has 1 rings (SSSR count). The van der Waals surface area contributed by atoms with Crippen LogP contribution < -0.4 is 5.73 Å². The molecule has 1 heterocycles. The van der Waals surface area contributed by atoms with E-state index in [1.807, 2.05) is 0 Å². The van der Waals surface area contributed by atoms with Gasteiger partial charge in [-0.3, -0.25) is 0 Å². The molecule has 0 radical (unpaired) electrons. The molecule has 0 aliphatic carbocycles. The first-order valence-electron chi connectivity index (χ1n) is 3.82. The Kier molecular flexibility index (Phi) is 3.12. The summed E-state index contributed by atoms with van der Waals surface area (Å²) < 4.78 is 5.13. The van der Waals surface area contributed by atoms with Crippen molar-refractivity contribution in [2.75, 3.05) is 13.2 Å². The highest BCUT2D eigenvalue weighted by molar-refractivity contribution is 4.72. The third kappa shape index (κ3) is 2.25. The van der Waals surface area contributed by atoms with Crippen molar-refractivity contribution >= 4 is 0 Å². The van der Waals surface area contributed by atoms with Crippen LogP contribution in [0, 0.1) is 0 Å². The number of ether oxygens (including phenoxy) is 1. The van der Waals surface area contributed by atoms with Gasteiger partial charge in [0.15, 0.2) is 0 Å². The number of nitrogens with two attached hydrogens (primary N) is 1. The van der Waals surface area contributed by atoms with Crippen LogP contribution in [-0.2, 0) is 4.74 Å². The van der Waals surface area contributed by atoms with Crippen molar-refractivity contribution in [3.8, 4) is 0 Å². The SMILES string of the molecule is NC1CCCCOCC1O. The van der Waals surface area contributed by atoms with Crippen LogP contribution in [0.1, 0.15) is 19.3 Å². The van der Waals surface area contributed by atoms with Gasteiger partial charge in [0.05, 0.1) is 12.7 Å². The molecule has 0 aromatic carbocycles. The predicted molar refractivity (Wildman–Crippen MR) is 38.7 cm³/mol. The lowest BCUT2D eigenvalue weighted by atomic mass is 10.0. The van der Waals surface area contributed by atoms with Crippen LogP contribution in [0.4, 0.5) is 0 Å². The zero-order valence-electron chi connectivity index (χ0n) is 6.12. The summed E-state index contributed by atoms with van der Waals surface area (Å²) in [4.78, 5) is 0. The molecule has 1 aliphatic rings. The third-order valence-electron chi connectivity index (χ3n) is 1.86. The van der Waals surface area contributed by atoms with E-state index in [4.69, 9.17) is 10.5 Å². The molecule has 3 heteroatoms. The van der Waals surface area contributed by atoms with Gasteiger partial charge in [-0.1, -0.05) is 0 Å². The van der Waals surface area contributed by atoms with E-state index in [-0.39, 0.29) is 6.04 Å². The van der Waals surface area contributed by atoms with E-state index < -0.39 is 6.10 Å². The summed E-state index contributed by atoms with van der Waals surface area (Å²) in [5, 5.41) is 9.23. The summed E-state index contributed by atoms with van der Waals surface area (Å²) in [7, 11) is 0. The summed E-state index contributed by atoms with van der Waals surface area (Å²) in [5.74, 6) is 0. The lowest BCUT2D eigenvalue weighted by Gasteiger charge is -2.21. The van der Waals surface area contributed by atoms with E-state index in [2.05, 4.69) is 0 Å². The van der Waals surface area contributed by atoms with Crippen molar-refractivity contribution in [1.29, 1.82) is 0 Å². The number of hydrogen-bond donors (Lipinski definition) is 2. The van der Waals surface area contributed by atoms with Gasteiger partial charge in [0, 0.05) is 12.6 Å². The number of rotatable bonds is 0. The minimum absolute atomic E-state index is 0.0831. The second-order valence-electron chi connectivity index (χ2n) is 2.80. The van der Waals surface area contributed by atoms with Crippen molar-refractivity contribution in [3.63, 3.8) is 0 Å². The standard InChI is InChI=1S/C7H15NO2/c8-6-3-1-2-4-10-5-7(6)9/h6-7,9H,1-5,8H2. The maximum atomic E-state index is 9.23. The minimum atomic E-state index is -0.458. The smallest absolute Gasteiger partial charge is 0.0924 e. The summed E-state index contributed by atoms with van der Waals surface area (Å²) in [6, 6.07) is -0.0831. The van der Waals surface area contributed by atoms with Crippen molar-refractivity contribution < 1.29 is 9.84 Å². The fraction of sp³-hybridized carbons (Fsp3) is 1.00. The zero-order valence-corrected chi connectivity index (χ0v) is 6.12. The number of hydrogen-bond acceptors (Lipinski definition) is 3. The van der Waals surface area contributed by atoms with E-state index in [9.17, 15) is 5.11 Å². The number of aliphatic hydroxyl groups is 1. The van der Waals surface area contributed by atoms with Gasteiger partial charge < -0.3 is 15.6 Å². The Hall–Kier alpha value is -0.120. The second-order valence-corrected chi connectivity index (χ2v) is 2.80. The topological polar surface area (TPSA) is 55.5 Å². The number of aliphatic hydroxyl groups excluding tert-OH is 1. The predicted octanol–water partition coefficient (Wildman–Crippen LogP) is -0.125. The Bertz CT molecular complexity index is 85.6. The molecule has 3 nitrogen and oxygen atoms in total. The summed E-state index contributed by atoms with van der Waals surface area (Å²) >= 11 is 0. The van der Waals surface area contributed by atoms with Crippen molar-refractivity contribution in [1.82, 2.24) is 0 Å². The summed E-state index contributed by atoms with van der Waals surface area (Å²) in [6.07, 6.45) is 2.60. The van der Waals surface area contributed by atoms with Crippen LogP contribution >= 0.6 is 0 Å². The van der Waals surface area contributed by atoms with Gasteiger partial charge in [-0.05, 0) is 19.3 Å². The highest BCUT2D eigenvalue weighted by Crippen LogP contribution is 2.07. The van der Waals surface area contributed by atoms with Gasteiger partial charge in [-0.15, -0.1) is 0 Å². The molecular weight excluding hydrogens is 130 g/mol. The van der Waals surface area contributed by atoms with Gasteiger partial charge >= 0.3 is 0 Å². The molecule has 1 aliphatic heterocycles. The van der Waals surface area contributed by atoms with E-state index >= 15 is 0 Å². The average Bonchev–Trinajstić information content (AvgIpc) is 1.92. The Morgan fingerprint density at radius 3 is 3.00 bits per heavy atom. The maximum Gasteiger partial charge on any atom is 0.0924 e. The van der Waals surface area contributed by atoms with Crippen LogP contribution in [-0.4, -0.2) is 30.5 Å². The van der Waals surface area contributed by atoms with Gasteiger partial charge in [0.1, 0.15) is 0 Å². The molecule has 10 heavy (non-hydrogen) atoms. The van der Waals surface area contributed by atoms with Gasteiger partial charge in [-0.25, -0.2) is 0 Å². The third-order valence-corrected chi connectivity index (χ3v) is 1.86. The monoisotopic (exact) mass is 145 g/mol. The first-order chi connectivity index (χ1) is 4.80. The van der Waals surface area contributed by atoms with Crippen LogP contribution in [0.25, 0.3) is 0 Å². The van der Waals surface area contributed by atoms with Crippen molar-refractivity contribution in [3.05, 3.63) is 0 Å². The molecule has 0 saturated carbocycles. The van der Waals surface area contributed by atoms with E-state index in [1.54, 1.807) is 0 Å². The maximum absolute atomic E-state index is 9.23. The summed E-state index contributed by atoms with van der Waals surface area (Å²) in [5.41, 5.74) is 5.62. The molecule has 0 aromatic heterocycles. The van der Waals surface area contributed by atoms with E-state index in [0.717, 1.165) is 25.9 Å².